The van der Waals surface area contributed by atoms with E-state index in [1.54, 1.807) is 43.3 Å². The maximum absolute atomic E-state index is 12.3. The van der Waals surface area contributed by atoms with Gasteiger partial charge in [0.25, 0.3) is 5.91 Å². The van der Waals surface area contributed by atoms with Gasteiger partial charge in [-0.2, -0.15) is 0 Å². The quantitative estimate of drug-likeness (QED) is 0.596. The minimum Gasteiger partial charge on any atom is -0.507 e. The van der Waals surface area contributed by atoms with Crippen LogP contribution >= 0.6 is 0 Å². The molecule has 3 rings (SSSR count). The van der Waals surface area contributed by atoms with Gasteiger partial charge in [0, 0.05) is 5.69 Å². The third kappa shape index (κ3) is 5.13. The molecule has 148 valence electrons. The maximum Gasteiger partial charge on any atom is 0.342 e. The SMILES string of the molecule is Cc1cccc(C(=O)OC(C)C(=O)Nc2ccc(Oc3ccccc3)cc2)c1O. The second-order valence-electron chi connectivity index (χ2n) is 6.45. The van der Waals surface area contributed by atoms with E-state index in [4.69, 9.17) is 9.47 Å². The van der Waals surface area contributed by atoms with Gasteiger partial charge in [0.2, 0.25) is 0 Å². The van der Waals surface area contributed by atoms with Crippen LogP contribution in [0, 0.1) is 6.92 Å². The van der Waals surface area contributed by atoms with E-state index in [1.165, 1.54) is 13.0 Å². The number of aryl methyl sites for hydroxylation is 1. The van der Waals surface area contributed by atoms with Gasteiger partial charge in [0.15, 0.2) is 6.10 Å². The summed E-state index contributed by atoms with van der Waals surface area (Å²) in [7, 11) is 0. The summed E-state index contributed by atoms with van der Waals surface area (Å²) in [5, 5.41) is 12.7. The van der Waals surface area contributed by atoms with Crippen LogP contribution in [-0.2, 0) is 9.53 Å². The van der Waals surface area contributed by atoms with Crippen LogP contribution in [-0.4, -0.2) is 23.1 Å². The number of hydrogen-bond acceptors (Lipinski definition) is 5. The number of carbonyl (C=O) groups is 2. The average molecular weight is 391 g/mol. The van der Waals surface area contributed by atoms with Crippen molar-refractivity contribution in [3.05, 3.63) is 83.9 Å². The first-order valence-electron chi connectivity index (χ1n) is 9.07. The third-order valence-corrected chi connectivity index (χ3v) is 4.21. The number of ether oxygens (including phenoxy) is 2. The summed E-state index contributed by atoms with van der Waals surface area (Å²) in [5.41, 5.74) is 1.11. The van der Waals surface area contributed by atoms with Gasteiger partial charge >= 0.3 is 5.97 Å². The Labute approximate surface area is 168 Å². The molecule has 2 N–H and O–H groups in total. The largest absolute Gasteiger partial charge is 0.507 e. The lowest BCUT2D eigenvalue weighted by molar-refractivity contribution is -0.123. The van der Waals surface area contributed by atoms with Gasteiger partial charge in [-0.1, -0.05) is 30.3 Å². The predicted molar refractivity (Wildman–Crippen MR) is 109 cm³/mol. The Hall–Kier alpha value is -3.80. The molecule has 0 bridgehead atoms. The molecule has 6 heteroatoms. The Kier molecular flexibility index (Phi) is 6.14. The van der Waals surface area contributed by atoms with Crippen LogP contribution in [0.4, 0.5) is 5.69 Å². The monoisotopic (exact) mass is 391 g/mol. The predicted octanol–water partition coefficient (Wildman–Crippen LogP) is 4.68. The number of aromatic hydroxyl groups is 1. The van der Waals surface area contributed by atoms with Crippen molar-refractivity contribution in [3.63, 3.8) is 0 Å². The van der Waals surface area contributed by atoms with E-state index in [0.29, 0.717) is 22.7 Å². The van der Waals surface area contributed by atoms with Crippen LogP contribution in [0.5, 0.6) is 17.2 Å². The van der Waals surface area contributed by atoms with Gasteiger partial charge in [-0.25, -0.2) is 4.79 Å². The first-order chi connectivity index (χ1) is 13.9. The number of esters is 1. The topological polar surface area (TPSA) is 84.9 Å². The summed E-state index contributed by atoms with van der Waals surface area (Å²) in [6.45, 7) is 3.14. The highest BCUT2D eigenvalue weighted by Gasteiger charge is 2.21. The van der Waals surface area contributed by atoms with E-state index in [0.717, 1.165) is 0 Å². The van der Waals surface area contributed by atoms with Crippen molar-refractivity contribution >= 4 is 17.6 Å². The Balaban J connectivity index is 1.58. The molecule has 0 aromatic heterocycles. The van der Waals surface area contributed by atoms with Crippen molar-refractivity contribution in [2.24, 2.45) is 0 Å². The molecule has 3 aromatic rings. The molecule has 0 aliphatic rings. The standard InChI is InChI=1S/C23H21NO5/c1-15-7-6-10-20(21(15)25)23(27)28-16(2)22(26)24-17-11-13-19(14-12-17)29-18-8-4-3-5-9-18/h3-14,16,25H,1-2H3,(H,24,26). The van der Waals surface area contributed by atoms with Crippen LogP contribution in [0.2, 0.25) is 0 Å². The molecule has 3 aromatic carbocycles. The normalized spacial score (nSPS) is 11.4. The molecule has 0 spiro atoms. The fourth-order valence-corrected chi connectivity index (χ4v) is 2.58. The van der Waals surface area contributed by atoms with Crippen molar-refractivity contribution in [3.8, 4) is 17.2 Å². The van der Waals surface area contributed by atoms with E-state index in [1.807, 2.05) is 30.3 Å². The fourth-order valence-electron chi connectivity index (χ4n) is 2.58. The number of nitrogens with one attached hydrogen (secondary N) is 1. The molecule has 6 nitrogen and oxygen atoms in total. The first-order valence-corrected chi connectivity index (χ1v) is 9.07. The molecular formula is C23H21NO5. The van der Waals surface area contributed by atoms with Crippen molar-refractivity contribution in [2.75, 3.05) is 5.32 Å². The van der Waals surface area contributed by atoms with E-state index in [9.17, 15) is 14.7 Å². The molecule has 0 aliphatic heterocycles. The summed E-state index contributed by atoms with van der Waals surface area (Å²) >= 11 is 0. The Morgan fingerprint density at radius 1 is 0.897 bits per heavy atom. The number of para-hydroxylation sites is 2. The van der Waals surface area contributed by atoms with Gasteiger partial charge in [-0.05, 0) is 61.9 Å². The maximum atomic E-state index is 12.3. The minimum absolute atomic E-state index is 0.0204. The van der Waals surface area contributed by atoms with E-state index >= 15 is 0 Å². The highest BCUT2D eigenvalue weighted by Crippen LogP contribution is 2.24. The summed E-state index contributed by atoms with van der Waals surface area (Å²) in [5.74, 6) is -0.0605. The highest BCUT2D eigenvalue weighted by molar-refractivity contribution is 5.98. The van der Waals surface area contributed by atoms with Crippen LogP contribution in [0.1, 0.15) is 22.8 Å². The summed E-state index contributed by atoms with van der Waals surface area (Å²) in [6, 6.07) is 20.9. The van der Waals surface area contributed by atoms with Crippen molar-refractivity contribution in [2.45, 2.75) is 20.0 Å². The first kappa shape index (κ1) is 19.9. The fraction of sp³-hybridized carbons (Fsp3) is 0.130. The molecule has 0 radical (unpaired) electrons. The van der Waals surface area contributed by atoms with Crippen LogP contribution in [0.3, 0.4) is 0 Å². The van der Waals surface area contributed by atoms with Crippen LogP contribution < -0.4 is 10.1 Å². The van der Waals surface area contributed by atoms with Crippen molar-refractivity contribution in [1.82, 2.24) is 0 Å². The van der Waals surface area contributed by atoms with Crippen LogP contribution in [0.15, 0.2) is 72.8 Å². The molecule has 0 heterocycles. The number of carbonyl (C=O) groups excluding carboxylic acids is 2. The molecule has 1 unspecified atom stereocenters. The molecule has 0 saturated heterocycles. The summed E-state index contributed by atoms with van der Waals surface area (Å²) < 4.78 is 10.9. The smallest absolute Gasteiger partial charge is 0.342 e. The third-order valence-electron chi connectivity index (χ3n) is 4.21. The Morgan fingerprint density at radius 3 is 2.24 bits per heavy atom. The lowest BCUT2D eigenvalue weighted by atomic mass is 10.1. The molecule has 29 heavy (non-hydrogen) atoms. The Morgan fingerprint density at radius 2 is 1.55 bits per heavy atom. The lowest BCUT2D eigenvalue weighted by Gasteiger charge is -2.15. The zero-order valence-corrected chi connectivity index (χ0v) is 16.1. The zero-order chi connectivity index (χ0) is 20.8. The molecule has 1 atom stereocenters. The molecule has 0 aliphatic carbocycles. The number of hydrogen-bond donors (Lipinski definition) is 2. The van der Waals surface area contributed by atoms with Crippen molar-refractivity contribution in [1.29, 1.82) is 0 Å². The molecule has 0 saturated carbocycles. The lowest BCUT2D eigenvalue weighted by Crippen LogP contribution is -2.30. The van der Waals surface area contributed by atoms with Gasteiger partial charge in [0.05, 0.1) is 0 Å². The van der Waals surface area contributed by atoms with E-state index in [2.05, 4.69) is 5.32 Å². The zero-order valence-electron chi connectivity index (χ0n) is 16.1. The summed E-state index contributed by atoms with van der Waals surface area (Å²) in [4.78, 5) is 24.5. The van der Waals surface area contributed by atoms with E-state index < -0.39 is 18.0 Å². The highest BCUT2D eigenvalue weighted by atomic mass is 16.5. The van der Waals surface area contributed by atoms with Crippen LogP contribution in [0.25, 0.3) is 0 Å². The number of amides is 1. The average Bonchev–Trinajstić information content (AvgIpc) is 2.72. The minimum atomic E-state index is -1.04. The Bertz CT molecular complexity index is 1000. The number of rotatable bonds is 6. The second kappa shape index (κ2) is 8.93. The van der Waals surface area contributed by atoms with Gasteiger partial charge in [0.1, 0.15) is 22.8 Å². The van der Waals surface area contributed by atoms with Gasteiger partial charge in [-0.3, -0.25) is 4.79 Å². The molecule has 1 amide bonds. The van der Waals surface area contributed by atoms with Gasteiger partial charge < -0.3 is 19.9 Å². The van der Waals surface area contributed by atoms with E-state index in [-0.39, 0.29) is 11.3 Å². The number of phenols is 1. The molecule has 0 fully saturated rings. The number of benzene rings is 3. The summed E-state index contributed by atoms with van der Waals surface area (Å²) in [6.07, 6.45) is -1.04. The number of anilines is 1. The van der Waals surface area contributed by atoms with Gasteiger partial charge in [-0.15, -0.1) is 0 Å². The second-order valence-corrected chi connectivity index (χ2v) is 6.45. The number of phenolic OH excluding ortho intramolecular Hbond substituents is 1. The molecular weight excluding hydrogens is 370 g/mol. The van der Waals surface area contributed by atoms with Crippen molar-refractivity contribution < 1.29 is 24.2 Å².